The Labute approximate surface area is 236 Å². The lowest BCUT2D eigenvalue weighted by Gasteiger charge is -2.09. The number of benzene rings is 3. The van der Waals surface area contributed by atoms with Gasteiger partial charge in [-0.05, 0) is 36.2 Å². The summed E-state index contributed by atoms with van der Waals surface area (Å²) in [4.78, 5) is 38.0. The Balaban J connectivity index is 0.00000441. The molecule has 3 aromatic carbocycles. The highest BCUT2D eigenvalue weighted by Gasteiger charge is 2.22. The number of rotatable bonds is 9. The molecule has 0 spiro atoms. The van der Waals surface area contributed by atoms with Crippen molar-refractivity contribution in [3.05, 3.63) is 101 Å². The Bertz CT molecular complexity index is 1480. The van der Waals surface area contributed by atoms with E-state index in [0.717, 1.165) is 15.8 Å². The maximum absolute atomic E-state index is 13.0. The molecule has 1 aromatic heterocycles. The number of amidine groups is 1. The van der Waals surface area contributed by atoms with Crippen LogP contribution < -0.4 is 16.4 Å². The zero-order chi connectivity index (χ0) is 27.6. The topological polar surface area (TPSA) is 161 Å². The number of nitrogens with two attached hydrogens (primary N) is 1. The van der Waals surface area contributed by atoms with Gasteiger partial charge < -0.3 is 20.5 Å². The largest absolute Gasteiger partial charge is 0.444 e. The van der Waals surface area contributed by atoms with E-state index in [1.54, 1.807) is 12.1 Å². The second kappa shape index (κ2) is 14.4. The molecular formula is C28H29ClN6O5. The number of alkyl carbamates (subject to hydrolysis) is 1. The highest BCUT2D eigenvalue weighted by atomic mass is 35.5. The van der Waals surface area contributed by atoms with Crippen LogP contribution in [0.25, 0.3) is 10.9 Å². The molecule has 11 nitrogen and oxygen atoms in total. The average Bonchev–Trinajstić information content (AvgIpc) is 3.35. The van der Waals surface area contributed by atoms with Crippen molar-refractivity contribution in [1.29, 1.82) is 5.41 Å². The van der Waals surface area contributed by atoms with Gasteiger partial charge in [0.05, 0.1) is 5.52 Å². The summed E-state index contributed by atoms with van der Waals surface area (Å²) in [6.45, 7) is 0.804. The highest BCUT2D eigenvalue weighted by Crippen LogP contribution is 2.21. The number of aromatic nitrogens is 2. The standard InChI is InChI=1S/C28H28N6O5.ClH/c29-14-7-15-31-26(35)24-22-13-12-21(25(30)32-27(36)38-17-19-8-3-1-4-9-19)16-23(22)34(33-24)28(37)39-18-20-10-5-2-6-11-20;/h1-6,8-13,16H,7,14-15,17-18,29H2,(H,31,35)(H2,30,32,36);1H. The van der Waals surface area contributed by atoms with Crippen LogP contribution in [0.5, 0.6) is 0 Å². The van der Waals surface area contributed by atoms with Crippen molar-refractivity contribution in [2.75, 3.05) is 13.1 Å². The molecule has 0 atom stereocenters. The van der Waals surface area contributed by atoms with Gasteiger partial charge >= 0.3 is 12.2 Å². The lowest BCUT2D eigenvalue weighted by atomic mass is 10.1. The zero-order valence-electron chi connectivity index (χ0n) is 21.5. The number of halogens is 1. The molecule has 0 unspecified atom stereocenters. The Morgan fingerprint density at radius 2 is 1.52 bits per heavy atom. The molecular weight excluding hydrogens is 536 g/mol. The zero-order valence-corrected chi connectivity index (χ0v) is 22.3. The van der Waals surface area contributed by atoms with Gasteiger partial charge in [0.15, 0.2) is 5.69 Å². The summed E-state index contributed by atoms with van der Waals surface area (Å²) >= 11 is 0. The number of fused-ring (bicyclic) bond motifs is 1. The summed E-state index contributed by atoms with van der Waals surface area (Å²) in [6.07, 6.45) is -1.03. The summed E-state index contributed by atoms with van der Waals surface area (Å²) in [7, 11) is 0. The molecule has 0 fully saturated rings. The second-order valence-corrected chi connectivity index (χ2v) is 8.49. The van der Waals surface area contributed by atoms with Gasteiger partial charge in [-0.25, -0.2) is 9.59 Å². The molecule has 2 amide bonds. The first-order valence-electron chi connectivity index (χ1n) is 12.2. The molecule has 1 heterocycles. The van der Waals surface area contributed by atoms with Crippen LogP contribution in [0.15, 0.2) is 78.9 Å². The van der Waals surface area contributed by atoms with Crippen molar-refractivity contribution >= 4 is 47.2 Å². The normalized spacial score (nSPS) is 10.3. The molecule has 4 rings (SSSR count). The van der Waals surface area contributed by atoms with E-state index in [9.17, 15) is 14.4 Å². The molecule has 0 radical (unpaired) electrons. The number of amides is 2. The number of carbonyl (C=O) groups excluding carboxylic acids is 3. The minimum atomic E-state index is -0.806. The van der Waals surface area contributed by atoms with E-state index in [1.807, 2.05) is 60.7 Å². The van der Waals surface area contributed by atoms with Crippen LogP contribution in [0.3, 0.4) is 0 Å². The number of nitrogens with zero attached hydrogens (tertiary/aromatic N) is 2. The molecule has 0 saturated heterocycles. The fourth-order valence-electron chi connectivity index (χ4n) is 3.68. The molecule has 208 valence electrons. The Kier molecular flexibility index (Phi) is 10.7. The van der Waals surface area contributed by atoms with E-state index in [4.69, 9.17) is 20.6 Å². The van der Waals surface area contributed by atoms with Crippen molar-refractivity contribution in [2.45, 2.75) is 19.6 Å². The van der Waals surface area contributed by atoms with E-state index in [0.29, 0.717) is 24.9 Å². The molecule has 0 bridgehead atoms. The van der Waals surface area contributed by atoms with Gasteiger partial charge in [0.1, 0.15) is 19.0 Å². The van der Waals surface area contributed by atoms with Crippen LogP contribution >= 0.6 is 12.4 Å². The smallest absolute Gasteiger partial charge is 0.435 e. The van der Waals surface area contributed by atoms with Crippen molar-refractivity contribution in [3.8, 4) is 0 Å². The van der Waals surface area contributed by atoms with Crippen LogP contribution in [-0.2, 0) is 22.7 Å². The van der Waals surface area contributed by atoms with Gasteiger partial charge in [-0.1, -0.05) is 66.7 Å². The third-order valence-electron chi connectivity index (χ3n) is 5.67. The maximum Gasteiger partial charge on any atom is 0.435 e. The third kappa shape index (κ3) is 7.65. The molecule has 12 heteroatoms. The summed E-state index contributed by atoms with van der Waals surface area (Å²) in [6, 6.07) is 22.8. The van der Waals surface area contributed by atoms with Gasteiger partial charge in [-0.3, -0.25) is 15.5 Å². The molecule has 5 N–H and O–H groups in total. The van der Waals surface area contributed by atoms with Crippen molar-refractivity contribution in [2.24, 2.45) is 5.73 Å². The van der Waals surface area contributed by atoms with Crippen LogP contribution in [0.2, 0.25) is 0 Å². The third-order valence-corrected chi connectivity index (χ3v) is 5.67. The Hall–Kier alpha value is -4.74. The van der Waals surface area contributed by atoms with Crippen LogP contribution in [-0.4, -0.2) is 46.8 Å². The van der Waals surface area contributed by atoms with Crippen LogP contribution in [0.1, 0.15) is 33.6 Å². The monoisotopic (exact) mass is 564 g/mol. The quantitative estimate of drug-likeness (QED) is 0.136. The molecule has 0 aliphatic carbocycles. The van der Waals surface area contributed by atoms with Crippen molar-refractivity contribution < 1.29 is 23.9 Å². The second-order valence-electron chi connectivity index (χ2n) is 8.49. The highest BCUT2D eigenvalue weighted by molar-refractivity contribution is 6.10. The average molecular weight is 565 g/mol. The van der Waals surface area contributed by atoms with Crippen molar-refractivity contribution in [1.82, 2.24) is 20.4 Å². The van der Waals surface area contributed by atoms with Gasteiger partial charge in [0.2, 0.25) is 0 Å². The molecule has 0 saturated carbocycles. The number of nitrogens with one attached hydrogen (secondary N) is 3. The van der Waals surface area contributed by atoms with Gasteiger partial charge in [-0.15, -0.1) is 12.4 Å². The number of carbonyl (C=O) groups is 3. The van der Waals surface area contributed by atoms with E-state index >= 15 is 0 Å². The predicted octanol–water partition coefficient (Wildman–Crippen LogP) is 3.97. The maximum atomic E-state index is 13.0. The molecule has 0 aliphatic rings. The first kappa shape index (κ1) is 29.8. The number of hydrogen-bond donors (Lipinski definition) is 4. The molecule has 4 aromatic rings. The molecule has 0 aliphatic heterocycles. The van der Waals surface area contributed by atoms with Gasteiger partial charge in [0.25, 0.3) is 5.91 Å². The van der Waals surface area contributed by atoms with E-state index < -0.39 is 18.1 Å². The van der Waals surface area contributed by atoms with Crippen LogP contribution in [0.4, 0.5) is 9.59 Å². The van der Waals surface area contributed by atoms with E-state index in [-0.39, 0.29) is 48.2 Å². The summed E-state index contributed by atoms with van der Waals surface area (Å²) < 4.78 is 11.6. The molecule has 40 heavy (non-hydrogen) atoms. The summed E-state index contributed by atoms with van der Waals surface area (Å²) in [5.74, 6) is -0.734. The predicted molar refractivity (Wildman–Crippen MR) is 152 cm³/mol. The Morgan fingerprint density at radius 3 is 2.15 bits per heavy atom. The van der Waals surface area contributed by atoms with Crippen LogP contribution in [0, 0.1) is 5.41 Å². The van der Waals surface area contributed by atoms with E-state index in [2.05, 4.69) is 15.7 Å². The van der Waals surface area contributed by atoms with E-state index in [1.165, 1.54) is 6.07 Å². The SMILES string of the molecule is Cl.N=C(NC(=O)OCc1ccccc1)c1ccc2c(C(=O)NCCCN)nn(C(=O)OCc3ccccc3)c2c1. The lowest BCUT2D eigenvalue weighted by Crippen LogP contribution is -2.31. The Morgan fingerprint density at radius 1 is 0.900 bits per heavy atom. The minimum Gasteiger partial charge on any atom is -0.444 e. The van der Waals surface area contributed by atoms with Gasteiger partial charge in [-0.2, -0.15) is 9.78 Å². The first-order chi connectivity index (χ1) is 19.0. The number of hydrogen-bond acceptors (Lipinski definition) is 8. The lowest BCUT2D eigenvalue weighted by molar-refractivity contribution is 0.0949. The summed E-state index contributed by atoms with van der Waals surface area (Å²) in [5, 5.41) is 18.0. The number of ether oxygens (including phenoxy) is 2. The summed E-state index contributed by atoms with van der Waals surface area (Å²) in [5.41, 5.74) is 7.61. The minimum absolute atomic E-state index is 0. The fraction of sp³-hybridized carbons (Fsp3) is 0.179. The van der Waals surface area contributed by atoms with Gasteiger partial charge in [0, 0.05) is 17.5 Å². The first-order valence-corrected chi connectivity index (χ1v) is 12.2. The fourth-order valence-corrected chi connectivity index (χ4v) is 3.68. The van der Waals surface area contributed by atoms with Crippen molar-refractivity contribution in [3.63, 3.8) is 0 Å².